The van der Waals surface area contributed by atoms with Crippen molar-refractivity contribution in [2.45, 2.75) is 19.9 Å². The zero-order valence-corrected chi connectivity index (χ0v) is 13.7. The van der Waals surface area contributed by atoms with Crippen LogP contribution < -0.4 is 10.6 Å². The third-order valence-electron chi connectivity index (χ3n) is 3.05. The van der Waals surface area contributed by atoms with Gasteiger partial charge in [-0.15, -0.1) is 10.2 Å². The summed E-state index contributed by atoms with van der Waals surface area (Å²) in [6.07, 6.45) is 0.654. The Morgan fingerprint density at radius 1 is 1.28 bits per heavy atom. The number of rotatable bonds is 8. The number of carbonyl (C=O) groups excluding carboxylic acids is 2. The maximum Gasteiger partial charge on any atom is 0.321 e. The molecule has 2 rings (SSSR count). The summed E-state index contributed by atoms with van der Waals surface area (Å²) >= 11 is 0. The lowest BCUT2D eigenvalue weighted by Gasteiger charge is -2.06. The van der Waals surface area contributed by atoms with Crippen LogP contribution in [0.4, 0.5) is 9.18 Å². The van der Waals surface area contributed by atoms with Crippen molar-refractivity contribution in [2.75, 3.05) is 19.8 Å². The molecule has 0 aliphatic carbocycles. The predicted molar refractivity (Wildman–Crippen MR) is 85.9 cm³/mol. The average Bonchev–Trinajstić information content (AvgIpc) is 3.03. The number of urea groups is 1. The third-order valence-corrected chi connectivity index (χ3v) is 3.05. The molecule has 2 N–H and O–H groups in total. The van der Waals surface area contributed by atoms with E-state index in [1.54, 1.807) is 0 Å². The zero-order valence-electron chi connectivity index (χ0n) is 13.7. The number of nitrogens with one attached hydrogen (secondary N) is 2. The smallest absolute Gasteiger partial charge is 0.321 e. The van der Waals surface area contributed by atoms with Gasteiger partial charge in [0.1, 0.15) is 12.4 Å². The molecule has 1 heterocycles. The van der Waals surface area contributed by atoms with Gasteiger partial charge < -0.3 is 10.1 Å². The van der Waals surface area contributed by atoms with Crippen LogP contribution in [-0.4, -0.2) is 51.9 Å². The maximum atomic E-state index is 12.9. The minimum absolute atomic E-state index is 0.258. The lowest BCUT2D eigenvalue weighted by molar-refractivity contribution is -0.121. The van der Waals surface area contributed by atoms with Crippen molar-refractivity contribution in [3.8, 4) is 11.4 Å². The number of imide groups is 1. The molecule has 0 saturated carbocycles. The first kappa shape index (κ1) is 18.5. The molecule has 1 aromatic carbocycles. The summed E-state index contributed by atoms with van der Waals surface area (Å²) < 4.78 is 18.0. The van der Waals surface area contributed by atoms with Crippen molar-refractivity contribution < 1.29 is 18.7 Å². The molecule has 3 amide bonds. The van der Waals surface area contributed by atoms with Gasteiger partial charge in [-0.05, 0) is 42.8 Å². The van der Waals surface area contributed by atoms with Crippen molar-refractivity contribution in [3.05, 3.63) is 30.1 Å². The van der Waals surface area contributed by atoms with Gasteiger partial charge >= 0.3 is 6.03 Å². The lowest BCUT2D eigenvalue weighted by atomic mass is 10.2. The molecule has 0 bridgehead atoms. The highest BCUT2D eigenvalue weighted by Crippen LogP contribution is 2.13. The van der Waals surface area contributed by atoms with E-state index in [9.17, 15) is 14.0 Å². The summed E-state index contributed by atoms with van der Waals surface area (Å²) in [5.74, 6) is -0.693. The Bertz CT molecular complexity index is 704. The highest BCUT2D eigenvalue weighted by Gasteiger charge is 2.11. The summed E-state index contributed by atoms with van der Waals surface area (Å²) in [5, 5.41) is 16.2. The minimum atomic E-state index is -0.597. The van der Waals surface area contributed by atoms with Crippen LogP contribution in [0.1, 0.15) is 13.3 Å². The van der Waals surface area contributed by atoms with Gasteiger partial charge in [-0.25, -0.2) is 9.18 Å². The highest BCUT2D eigenvalue weighted by atomic mass is 19.1. The largest absolute Gasteiger partial charge is 0.382 e. The van der Waals surface area contributed by atoms with E-state index in [1.807, 2.05) is 6.92 Å². The molecule has 0 aliphatic heterocycles. The molecule has 0 fully saturated rings. The van der Waals surface area contributed by atoms with Gasteiger partial charge in [0.2, 0.25) is 5.82 Å². The van der Waals surface area contributed by atoms with Crippen LogP contribution in [0.15, 0.2) is 24.3 Å². The molecule has 0 saturated heterocycles. The quantitative estimate of drug-likeness (QED) is 0.679. The molecule has 134 valence electrons. The van der Waals surface area contributed by atoms with E-state index < -0.39 is 11.9 Å². The Balaban J connectivity index is 1.77. The van der Waals surface area contributed by atoms with Crippen LogP contribution in [0.3, 0.4) is 0 Å². The molecule has 0 atom stereocenters. The van der Waals surface area contributed by atoms with Crippen LogP contribution in [0.25, 0.3) is 11.4 Å². The fourth-order valence-corrected chi connectivity index (χ4v) is 1.88. The number of carbonyl (C=O) groups is 2. The van der Waals surface area contributed by atoms with Crippen LogP contribution >= 0.6 is 0 Å². The Morgan fingerprint density at radius 2 is 2.04 bits per heavy atom. The van der Waals surface area contributed by atoms with E-state index in [-0.39, 0.29) is 18.2 Å². The third kappa shape index (κ3) is 6.26. The zero-order chi connectivity index (χ0) is 18.1. The topological polar surface area (TPSA) is 111 Å². The number of hydrogen-bond donors (Lipinski definition) is 2. The minimum Gasteiger partial charge on any atom is -0.382 e. The summed E-state index contributed by atoms with van der Waals surface area (Å²) in [6, 6.07) is 4.97. The number of hydrogen-bond acceptors (Lipinski definition) is 6. The van der Waals surface area contributed by atoms with E-state index in [1.165, 1.54) is 24.3 Å². The van der Waals surface area contributed by atoms with E-state index >= 15 is 0 Å². The second kappa shape index (κ2) is 9.42. The van der Waals surface area contributed by atoms with E-state index in [0.29, 0.717) is 31.7 Å². The molecular weight excluding hydrogens is 331 g/mol. The summed E-state index contributed by atoms with van der Waals surface area (Å²) in [5.41, 5.74) is 0.570. The number of benzene rings is 1. The van der Waals surface area contributed by atoms with Gasteiger partial charge in [-0.2, -0.15) is 4.80 Å². The van der Waals surface area contributed by atoms with E-state index in [0.717, 1.165) is 4.80 Å². The number of tetrazole rings is 1. The molecule has 2 aromatic rings. The predicted octanol–water partition coefficient (Wildman–Crippen LogP) is 0.732. The molecule has 9 nitrogen and oxygen atoms in total. The summed E-state index contributed by atoms with van der Waals surface area (Å²) in [4.78, 5) is 24.4. The molecule has 25 heavy (non-hydrogen) atoms. The van der Waals surface area contributed by atoms with Gasteiger partial charge in [0.05, 0.1) is 0 Å². The molecule has 10 heteroatoms. The summed E-state index contributed by atoms with van der Waals surface area (Å²) in [7, 11) is 0. The first-order chi connectivity index (χ1) is 12.1. The van der Waals surface area contributed by atoms with Crippen molar-refractivity contribution in [1.29, 1.82) is 0 Å². The number of nitrogens with zero attached hydrogens (tertiary/aromatic N) is 4. The molecule has 1 aromatic heterocycles. The number of aromatic nitrogens is 4. The molecule has 0 aliphatic rings. The monoisotopic (exact) mass is 350 g/mol. The molecule has 0 unspecified atom stereocenters. The van der Waals surface area contributed by atoms with Crippen LogP contribution in [0.2, 0.25) is 0 Å². The first-order valence-corrected chi connectivity index (χ1v) is 7.77. The SMILES string of the molecule is CCOCCCNC(=O)NC(=O)Cn1nnc(-c2ccc(F)cc2)n1. The Morgan fingerprint density at radius 3 is 2.76 bits per heavy atom. The van der Waals surface area contributed by atoms with Crippen molar-refractivity contribution in [1.82, 2.24) is 30.8 Å². The molecule has 0 radical (unpaired) electrons. The van der Waals surface area contributed by atoms with Crippen molar-refractivity contribution in [3.63, 3.8) is 0 Å². The van der Waals surface area contributed by atoms with Crippen molar-refractivity contribution >= 4 is 11.9 Å². The van der Waals surface area contributed by atoms with Crippen LogP contribution in [0, 0.1) is 5.82 Å². The molecule has 0 spiro atoms. The van der Waals surface area contributed by atoms with E-state index in [2.05, 4.69) is 26.0 Å². The number of amides is 3. The van der Waals surface area contributed by atoms with Gasteiger partial charge in [-0.1, -0.05) is 0 Å². The van der Waals surface area contributed by atoms with Crippen molar-refractivity contribution in [2.24, 2.45) is 0 Å². The average molecular weight is 350 g/mol. The van der Waals surface area contributed by atoms with Gasteiger partial charge in [0, 0.05) is 25.3 Å². The van der Waals surface area contributed by atoms with Crippen LogP contribution in [-0.2, 0) is 16.1 Å². The Hall–Kier alpha value is -2.88. The fourth-order valence-electron chi connectivity index (χ4n) is 1.88. The van der Waals surface area contributed by atoms with Gasteiger partial charge in [0.25, 0.3) is 5.91 Å². The lowest BCUT2D eigenvalue weighted by Crippen LogP contribution is -2.41. The Kier molecular flexibility index (Phi) is 6.96. The standard InChI is InChI=1S/C15H19FN6O3/c1-2-25-9-3-8-17-15(24)18-13(23)10-22-20-14(19-21-22)11-4-6-12(16)7-5-11/h4-7H,2-3,8-10H2,1H3,(H2,17,18,23,24). The number of halogens is 1. The summed E-state index contributed by atoms with van der Waals surface area (Å²) in [6.45, 7) is 3.18. The van der Waals surface area contributed by atoms with Gasteiger partial charge in [-0.3, -0.25) is 10.1 Å². The fraction of sp³-hybridized carbons (Fsp3) is 0.400. The molecular formula is C15H19FN6O3. The normalized spacial score (nSPS) is 10.5. The first-order valence-electron chi connectivity index (χ1n) is 7.77. The highest BCUT2D eigenvalue weighted by molar-refractivity contribution is 5.94. The van der Waals surface area contributed by atoms with Gasteiger partial charge in [0.15, 0.2) is 0 Å². The number of ether oxygens (including phenoxy) is 1. The van der Waals surface area contributed by atoms with Crippen LogP contribution in [0.5, 0.6) is 0 Å². The second-order valence-electron chi connectivity index (χ2n) is 5.00. The van der Waals surface area contributed by atoms with E-state index in [4.69, 9.17) is 4.74 Å². The maximum absolute atomic E-state index is 12.9. The second-order valence-corrected chi connectivity index (χ2v) is 5.00. The Labute approximate surface area is 143 Å².